The van der Waals surface area contributed by atoms with Crippen LogP contribution in [0.5, 0.6) is 0 Å². The fraction of sp³-hybridized carbons (Fsp3) is 0.500. The van der Waals surface area contributed by atoms with Crippen LogP contribution in [-0.4, -0.2) is 22.9 Å². The van der Waals surface area contributed by atoms with Gasteiger partial charge in [-0.05, 0) is 0 Å². The molecule has 0 aliphatic rings. The van der Waals surface area contributed by atoms with Crippen LogP contribution in [0.4, 0.5) is 0 Å². The van der Waals surface area contributed by atoms with Crippen LogP contribution in [-0.2, 0) is 4.56 Å². The van der Waals surface area contributed by atoms with Crippen LogP contribution in [0.2, 0.25) is 14.8 Å². The van der Waals surface area contributed by atoms with Crippen molar-refractivity contribution in [3.8, 4) is 0 Å². The quantitative estimate of drug-likeness (QED) is 0.703. The molecule has 1 nitrogen and oxygen atoms in total. The van der Waals surface area contributed by atoms with Gasteiger partial charge < -0.3 is 0 Å². The summed E-state index contributed by atoms with van der Waals surface area (Å²) in [7, 11) is 0. The zero-order valence-electron chi connectivity index (χ0n) is 6.96. The van der Waals surface area contributed by atoms with E-state index in [-0.39, 0.29) is 0 Å². The van der Waals surface area contributed by atoms with Gasteiger partial charge in [-0.15, -0.1) is 0 Å². The van der Waals surface area contributed by atoms with Crippen LogP contribution >= 0.6 is 0 Å². The average Bonchev–Trinajstić information content (AvgIpc) is 2.12. The molecule has 0 aliphatic carbocycles. The second-order valence-electron chi connectivity index (χ2n) is 3.92. The summed E-state index contributed by atoms with van der Waals surface area (Å²) in [5.41, 5.74) is 0. The molecule has 0 spiro atoms. The molecule has 0 aliphatic heterocycles. The van der Waals surface area contributed by atoms with Gasteiger partial charge in [-0.25, -0.2) is 0 Å². The van der Waals surface area contributed by atoms with E-state index in [0.29, 0.717) is 0 Å². The molecule has 0 N–H and O–H groups in total. The van der Waals surface area contributed by atoms with Crippen molar-refractivity contribution in [2.24, 2.45) is 0 Å². The Morgan fingerprint density at radius 3 is 2.00 bits per heavy atom. The predicted octanol–water partition coefficient (Wildman–Crippen LogP) is 2.37. The molecular formula is C8H15NSn. The van der Waals surface area contributed by atoms with Crippen LogP contribution in [0.25, 0.3) is 0 Å². The minimum absolute atomic E-state index is 1.31. The van der Waals surface area contributed by atoms with Crippen molar-refractivity contribution in [3.63, 3.8) is 0 Å². The van der Waals surface area contributed by atoms with Crippen molar-refractivity contribution >= 4 is 18.4 Å². The van der Waals surface area contributed by atoms with Crippen LogP contribution < -0.4 is 0 Å². The summed E-state index contributed by atoms with van der Waals surface area (Å²) in [6, 6.07) is 4.19. The molecule has 0 radical (unpaired) electrons. The molecule has 10 heavy (non-hydrogen) atoms. The van der Waals surface area contributed by atoms with Gasteiger partial charge in [-0.2, -0.15) is 0 Å². The van der Waals surface area contributed by atoms with Gasteiger partial charge in [-0.1, -0.05) is 0 Å². The van der Waals surface area contributed by atoms with E-state index in [1.165, 1.54) is 4.56 Å². The second kappa shape index (κ2) is 2.99. The number of rotatable bonds is 2. The summed E-state index contributed by atoms with van der Waals surface area (Å²) in [6.07, 6.45) is 4.31. The predicted molar refractivity (Wildman–Crippen MR) is 47.8 cm³/mol. The van der Waals surface area contributed by atoms with E-state index in [9.17, 15) is 0 Å². The Morgan fingerprint density at radius 2 is 1.60 bits per heavy atom. The third kappa shape index (κ3) is 2.77. The van der Waals surface area contributed by atoms with Crippen LogP contribution in [0.15, 0.2) is 24.5 Å². The minimum atomic E-state index is -1.56. The van der Waals surface area contributed by atoms with Crippen molar-refractivity contribution < 1.29 is 0 Å². The first kappa shape index (κ1) is 8.18. The molecule has 0 fully saturated rings. The molecule has 1 aromatic heterocycles. The second-order valence-corrected chi connectivity index (χ2v) is 19.4. The fourth-order valence-electron chi connectivity index (χ4n) is 1.02. The molecule has 0 saturated carbocycles. The van der Waals surface area contributed by atoms with Crippen LogP contribution in [0, 0.1) is 0 Å². The Bertz CT molecular complexity index is 184. The molecule has 1 rings (SSSR count). The monoisotopic (exact) mass is 245 g/mol. The first-order chi connectivity index (χ1) is 4.58. The number of hydrogen-bond acceptors (Lipinski definition) is 0. The molecule has 0 atom stereocenters. The zero-order chi connectivity index (χ0) is 7.61. The first-order valence-electron chi connectivity index (χ1n) is 3.69. The Labute approximate surface area is 66.9 Å². The van der Waals surface area contributed by atoms with Crippen molar-refractivity contribution in [2.75, 3.05) is 0 Å². The molecule has 0 amide bonds. The van der Waals surface area contributed by atoms with E-state index >= 15 is 0 Å². The molecule has 0 saturated heterocycles. The summed E-state index contributed by atoms with van der Waals surface area (Å²) in [5.74, 6) is 0. The SMILES string of the molecule is [CH3][Sn]([CH3])([CH3])[CH2]n1cccc1. The molecule has 56 valence electrons. The third-order valence-electron chi connectivity index (χ3n) is 1.32. The van der Waals surface area contributed by atoms with Gasteiger partial charge in [0.05, 0.1) is 0 Å². The topological polar surface area (TPSA) is 4.93 Å². The molecule has 1 aromatic rings. The van der Waals surface area contributed by atoms with E-state index in [1.807, 2.05) is 0 Å². The van der Waals surface area contributed by atoms with E-state index in [4.69, 9.17) is 0 Å². The van der Waals surface area contributed by atoms with Crippen molar-refractivity contribution in [1.82, 2.24) is 4.57 Å². The van der Waals surface area contributed by atoms with E-state index in [0.717, 1.165) is 0 Å². The Hall–Kier alpha value is 0.0787. The van der Waals surface area contributed by atoms with Gasteiger partial charge in [0.25, 0.3) is 0 Å². The van der Waals surface area contributed by atoms with Crippen LogP contribution in [0.3, 0.4) is 0 Å². The van der Waals surface area contributed by atoms with Crippen molar-refractivity contribution in [1.29, 1.82) is 0 Å². The van der Waals surface area contributed by atoms with Gasteiger partial charge in [-0.3, -0.25) is 0 Å². The summed E-state index contributed by atoms with van der Waals surface area (Å²) < 4.78 is 3.61. The molecule has 0 aromatic carbocycles. The van der Waals surface area contributed by atoms with Crippen LogP contribution in [0.1, 0.15) is 0 Å². The standard InChI is InChI=1S/C5H6N.3CH3.Sn/c1-6-4-2-3-5-6;;;;/h2-5H,1H2;3*1H3;. The number of nitrogens with zero attached hydrogens (tertiary/aromatic N) is 1. The maximum atomic E-state index is 2.45. The summed E-state index contributed by atoms with van der Waals surface area (Å²) in [4.78, 5) is 7.36. The Kier molecular flexibility index (Phi) is 2.44. The van der Waals surface area contributed by atoms with E-state index in [2.05, 4.69) is 43.9 Å². The number of aromatic nitrogens is 1. The fourth-order valence-corrected chi connectivity index (χ4v) is 4.75. The van der Waals surface area contributed by atoms with Gasteiger partial charge in [0, 0.05) is 0 Å². The zero-order valence-corrected chi connectivity index (χ0v) is 9.82. The van der Waals surface area contributed by atoms with Gasteiger partial charge in [0.1, 0.15) is 0 Å². The molecule has 2 heteroatoms. The summed E-state index contributed by atoms with van der Waals surface area (Å²) in [5, 5.41) is 0. The third-order valence-corrected chi connectivity index (χ3v) is 5.07. The van der Waals surface area contributed by atoms with Gasteiger partial charge in [0.2, 0.25) is 0 Å². The normalized spacial score (nSPS) is 11.9. The van der Waals surface area contributed by atoms with E-state index in [1.54, 1.807) is 0 Å². The first-order valence-corrected chi connectivity index (χ1v) is 14.3. The molecule has 0 bridgehead atoms. The summed E-state index contributed by atoms with van der Waals surface area (Å²) >= 11 is -1.56. The van der Waals surface area contributed by atoms with Gasteiger partial charge in [0.15, 0.2) is 0 Å². The van der Waals surface area contributed by atoms with Crippen molar-refractivity contribution in [2.45, 2.75) is 19.4 Å². The average molecular weight is 244 g/mol. The Morgan fingerprint density at radius 1 is 1.10 bits per heavy atom. The van der Waals surface area contributed by atoms with Gasteiger partial charge >= 0.3 is 66.9 Å². The molecule has 1 heterocycles. The maximum absolute atomic E-state index is 2.45. The number of hydrogen-bond donors (Lipinski definition) is 0. The molecule has 0 unspecified atom stereocenters. The summed E-state index contributed by atoms with van der Waals surface area (Å²) in [6.45, 7) is 0. The van der Waals surface area contributed by atoms with E-state index < -0.39 is 18.4 Å². The van der Waals surface area contributed by atoms with Crippen molar-refractivity contribution in [3.05, 3.63) is 24.5 Å². The Balaban J connectivity index is 2.57. The molecular weight excluding hydrogens is 229 g/mol.